The molecule has 0 aliphatic rings. The van der Waals surface area contributed by atoms with Gasteiger partial charge in [-0.3, -0.25) is 14.4 Å². The lowest BCUT2D eigenvalue weighted by Gasteiger charge is -2.18. The quantitative estimate of drug-likeness (QED) is 0.0261. The summed E-state index contributed by atoms with van der Waals surface area (Å²) < 4.78 is 16.9. The van der Waals surface area contributed by atoms with Crippen LogP contribution in [0.15, 0.2) is 109 Å². The first-order valence-corrected chi connectivity index (χ1v) is 33.4. The monoisotopic (exact) mass is 1100 g/mol. The molecule has 0 saturated carbocycles. The number of hydrogen-bond acceptors (Lipinski definition) is 6. The smallest absolute Gasteiger partial charge is 0.306 e. The van der Waals surface area contributed by atoms with Crippen molar-refractivity contribution in [2.45, 2.75) is 322 Å². The Labute approximate surface area is 489 Å². The van der Waals surface area contributed by atoms with Crippen molar-refractivity contribution in [3.63, 3.8) is 0 Å². The zero-order valence-electron chi connectivity index (χ0n) is 51.9. The Kier molecular flexibility index (Phi) is 63.3. The van der Waals surface area contributed by atoms with Gasteiger partial charge in [0, 0.05) is 19.3 Å². The number of carbonyl (C=O) groups is 3. The van der Waals surface area contributed by atoms with Crippen molar-refractivity contribution in [2.75, 3.05) is 13.2 Å². The molecule has 452 valence electrons. The summed E-state index contributed by atoms with van der Waals surface area (Å²) in [5.41, 5.74) is 0. The third-order valence-corrected chi connectivity index (χ3v) is 14.2. The third kappa shape index (κ3) is 64.8. The first kappa shape index (κ1) is 75.1. The summed E-state index contributed by atoms with van der Waals surface area (Å²) in [7, 11) is 0. The van der Waals surface area contributed by atoms with Gasteiger partial charge in [0.2, 0.25) is 0 Å². The molecular weight excluding hydrogens is 973 g/mol. The lowest BCUT2D eigenvalue weighted by atomic mass is 10.0. The van der Waals surface area contributed by atoms with E-state index in [1.54, 1.807) is 0 Å². The van der Waals surface area contributed by atoms with E-state index in [1.807, 2.05) is 0 Å². The molecule has 6 nitrogen and oxygen atoms in total. The highest BCUT2D eigenvalue weighted by molar-refractivity contribution is 5.71. The largest absolute Gasteiger partial charge is 0.462 e. The van der Waals surface area contributed by atoms with Crippen LogP contribution >= 0.6 is 0 Å². The van der Waals surface area contributed by atoms with E-state index in [-0.39, 0.29) is 37.5 Å². The van der Waals surface area contributed by atoms with Crippen LogP contribution in [0.1, 0.15) is 316 Å². The molecule has 0 aromatic rings. The maximum Gasteiger partial charge on any atom is 0.306 e. The minimum Gasteiger partial charge on any atom is -0.462 e. The molecule has 0 amide bonds. The Morgan fingerprint density at radius 2 is 0.506 bits per heavy atom. The van der Waals surface area contributed by atoms with E-state index in [0.717, 1.165) is 96.3 Å². The van der Waals surface area contributed by atoms with E-state index in [9.17, 15) is 14.4 Å². The Morgan fingerprint density at radius 3 is 0.835 bits per heavy atom. The van der Waals surface area contributed by atoms with Crippen LogP contribution in [-0.4, -0.2) is 37.2 Å². The van der Waals surface area contributed by atoms with Gasteiger partial charge < -0.3 is 14.2 Å². The first-order chi connectivity index (χ1) is 39.0. The molecule has 0 heterocycles. The van der Waals surface area contributed by atoms with Crippen molar-refractivity contribution < 1.29 is 28.6 Å². The SMILES string of the molecule is CC/C=C\C/C=C\C/C=C\C/C=C\C/C=C\CCCC(=O)OC(COC(=O)CCCCCCCCC/C=C\C/C=C\CCCCC)COC(=O)CCCCCCCCCCCCCCCCC/C=C\C/C=C\CCCCCCC. The van der Waals surface area contributed by atoms with Gasteiger partial charge in [0.15, 0.2) is 6.10 Å². The number of esters is 3. The summed E-state index contributed by atoms with van der Waals surface area (Å²) in [6, 6.07) is 0. The zero-order valence-corrected chi connectivity index (χ0v) is 51.9. The summed E-state index contributed by atoms with van der Waals surface area (Å²) in [6.45, 7) is 6.46. The Morgan fingerprint density at radius 1 is 0.266 bits per heavy atom. The molecule has 1 atom stereocenters. The van der Waals surface area contributed by atoms with Gasteiger partial charge in [-0.05, 0) is 122 Å². The number of rotatable bonds is 60. The van der Waals surface area contributed by atoms with Gasteiger partial charge in [0.25, 0.3) is 0 Å². The summed E-state index contributed by atoms with van der Waals surface area (Å²) >= 11 is 0. The predicted molar refractivity (Wildman–Crippen MR) is 343 cm³/mol. The van der Waals surface area contributed by atoms with Crippen molar-refractivity contribution in [1.82, 2.24) is 0 Å². The summed E-state index contributed by atoms with van der Waals surface area (Å²) in [5.74, 6) is -0.961. The number of ether oxygens (including phenoxy) is 3. The van der Waals surface area contributed by atoms with Gasteiger partial charge in [-0.1, -0.05) is 284 Å². The van der Waals surface area contributed by atoms with E-state index in [0.29, 0.717) is 19.3 Å². The Balaban J connectivity index is 4.37. The van der Waals surface area contributed by atoms with Crippen molar-refractivity contribution in [3.05, 3.63) is 109 Å². The topological polar surface area (TPSA) is 78.9 Å². The van der Waals surface area contributed by atoms with Crippen molar-refractivity contribution in [3.8, 4) is 0 Å². The summed E-state index contributed by atoms with van der Waals surface area (Å²) in [5, 5.41) is 0. The van der Waals surface area contributed by atoms with Crippen molar-refractivity contribution >= 4 is 17.9 Å². The van der Waals surface area contributed by atoms with Crippen LogP contribution in [0.2, 0.25) is 0 Å². The van der Waals surface area contributed by atoms with E-state index in [4.69, 9.17) is 14.2 Å². The fourth-order valence-electron chi connectivity index (χ4n) is 9.25. The molecule has 0 spiro atoms. The highest BCUT2D eigenvalue weighted by Crippen LogP contribution is 2.16. The van der Waals surface area contributed by atoms with Gasteiger partial charge in [-0.25, -0.2) is 0 Å². The molecule has 0 aliphatic heterocycles. The molecule has 79 heavy (non-hydrogen) atoms. The van der Waals surface area contributed by atoms with E-state index >= 15 is 0 Å². The average molecular weight is 1100 g/mol. The van der Waals surface area contributed by atoms with E-state index in [1.165, 1.54) is 173 Å². The highest BCUT2D eigenvalue weighted by atomic mass is 16.6. The average Bonchev–Trinajstić information content (AvgIpc) is 3.45. The third-order valence-electron chi connectivity index (χ3n) is 14.2. The van der Waals surface area contributed by atoms with Crippen LogP contribution in [-0.2, 0) is 28.6 Å². The highest BCUT2D eigenvalue weighted by Gasteiger charge is 2.19. The van der Waals surface area contributed by atoms with Gasteiger partial charge >= 0.3 is 17.9 Å². The number of allylic oxidation sites excluding steroid dienone is 18. The fourth-order valence-corrected chi connectivity index (χ4v) is 9.25. The second kappa shape index (κ2) is 66.6. The Hall–Kier alpha value is -3.93. The second-order valence-electron chi connectivity index (χ2n) is 22.0. The number of carbonyl (C=O) groups excluding carboxylic acids is 3. The van der Waals surface area contributed by atoms with Crippen molar-refractivity contribution in [1.29, 1.82) is 0 Å². The van der Waals surface area contributed by atoms with Crippen LogP contribution in [0.25, 0.3) is 0 Å². The molecule has 0 saturated heterocycles. The summed E-state index contributed by atoms with van der Waals surface area (Å²) in [6.07, 6.45) is 91.1. The van der Waals surface area contributed by atoms with Crippen LogP contribution < -0.4 is 0 Å². The maximum atomic E-state index is 12.9. The van der Waals surface area contributed by atoms with E-state index < -0.39 is 6.10 Å². The molecule has 1 unspecified atom stereocenters. The van der Waals surface area contributed by atoms with Gasteiger partial charge in [-0.2, -0.15) is 0 Å². The summed E-state index contributed by atoms with van der Waals surface area (Å²) in [4.78, 5) is 38.3. The maximum absolute atomic E-state index is 12.9. The van der Waals surface area contributed by atoms with Gasteiger partial charge in [0.05, 0.1) is 0 Å². The van der Waals surface area contributed by atoms with Gasteiger partial charge in [0.1, 0.15) is 13.2 Å². The molecular formula is C73H124O6. The van der Waals surface area contributed by atoms with Gasteiger partial charge in [-0.15, -0.1) is 0 Å². The molecule has 0 N–H and O–H groups in total. The minimum atomic E-state index is -0.814. The lowest BCUT2D eigenvalue weighted by molar-refractivity contribution is -0.167. The lowest BCUT2D eigenvalue weighted by Crippen LogP contribution is -2.30. The van der Waals surface area contributed by atoms with Crippen LogP contribution in [0, 0.1) is 0 Å². The van der Waals surface area contributed by atoms with Crippen molar-refractivity contribution in [2.24, 2.45) is 0 Å². The second-order valence-corrected chi connectivity index (χ2v) is 22.0. The molecule has 0 aromatic carbocycles. The molecule has 0 aliphatic carbocycles. The number of unbranched alkanes of at least 4 members (excludes halogenated alkanes) is 31. The first-order valence-electron chi connectivity index (χ1n) is 33.4. The van der Waals surface area contributed by atoms with Crippen LogP contribution in [0.3, 0.4) is 0 Å². The van der Waals surface area contributed by atoms with Crippen LogP contribution in [0.4, 0.5) is 0 Å². The normalized spacial score (nSPS) is 12.8. The molecule has 0 bridgehead atoms. The van der Waals surface area contributed by atoms with Crippen LogP contribution in [0.5, 0.6) is 0 Å². The van der Waals surface area contributed by atoms with E-state index in [2.05, 4.69) is 130 Å². The minimum absolute atomic E-state index is 0.103. The molecule has 6 heteroatoms. The number of hydrogen-bond donors (Lipinski definition) is 0. The molecule has 0 radical (unpaired) electrons. The predicted octanol–water partition coefficient (Wildman–Crippen LogP) is 23.0. The molecule has 0 aromatic heterocycles. The molecule has 0 fully saturated rings. The fraction of sp³-hybridized carbons (Fsp3) is 0.712. The molecule has 0 rings (SSSR count). The zero-order chi connectivity index (χ0) is 57.1. The Bertz CT molecular complexity index is 1590. The standard InChI is InChI=1S/C73H124O6/c1-4-7-10-13-16-19-22-25-28-31-32-33-34-35-36-37-38-39-40-43-45-48-51-54-57-60-63-66-72(75)78-69-70(79-73(76)67-64-61-58-55-52-49-46-42-30-27-24-21-18-15-12-9-6-3)68-77-71(74)65-62-59-56-53-50-47-44-41-29-26-23-20-17-14-11-8-5-2/h9,12,17-18,20-22,25-27,29-32,46,49,55,58,70H,4-8,10-11,13-16,19,23-24,28,33-45,47-48,50-54,56-57,59-69H2,1-3H3/b12-9-,20-17-,21-18-,25-22-,29-26-,30-27-,32-31-,49-46-,58-55-.